The highest BCUT2D eigenvalue weighted by Gasteiger charge is 2.43. The maximum Gasteiger partial charge on any atom is 0.295 e. The lowest BCUT2D eigenvalue weighted by Crippen LogP contribution is -2.31. The minimum Gasteiger partial charge on any atom is -0.503 e. The molecule has 7 heteroatoms. The van der Waals surface area contributed by atoms with E-state index >= 15 is 0 Å². The van der Waals surface area contributed by atoms with Crippen molar-refractivity contribution < 1.29 is 19.4 Å². The molecule has 128 valence electrons. The number of hydrogen-bond acceptors (Lipinski definition) is 5. The average Bonchev–Trinajstić information content (AvgIpc) is 2.87. The summed E-state index contributed by atoms with van der Waals surface area (Å²) in [6.07, 6.45) is 1.55. The molecule has 1 atom stereocenters. The number of nitrogens with zero attached hydrogens (tertiary/aromatic N) is 2. The number of rotatable bonds is 4. The molecule has 1 amide bonds. The first-order chi connectivity index (χ1) is 11.9. The fourth-order valence-corrected chi connectivity index (χ4v) is 3.05. The van der Waals surface area contributed by atoms with Crippen molar-refractivity contribution in [3.8, 4) is 5.75 Å². The molecule has 25 heavy (non-hydrogen) atoms. The Labute approximate surface area is 152 Å². The van der Waals surface area contributed by atoms with Gasteiger partial charge in [-0.15, -0.1) is 0 Å². The number of aromatic nitrogens is 1. The predicted molar refractivity (Wildman–Crippen MR) is 95.5 cm³/mol. The zero-order chi connectivity index (χ0) is 18.1. The normalized spacial score (nSPS) is 17.2. The van der Waals surface area contributed by atoms with Crippen LogP contribution in [0, 0.1) is 0 Å². The molecule has 1 aliphatic heterocycles. The number of amides is 1. The lowest BCUT2D eigenvalue weighted by Gasteiger charge is -2.25. The summed E-state index contributed by atoms with van der Waals surface area (Å²) in [5.41, 5.74) is 0.730. The first-order valence-electron chi connectivity index (χ1n) is 7.47. The van der Waals surface area contributed by atoms with E-state index in [4.69, 9.17) is 4.74 Å². The third kappa shape index (κ3) is 3.02. The lowest BCUT2D eigenvalue weighted by molar-refractivity contribution is -0.117. The van der Waals surface area contributed by atoms with E-state index in [9.17, 15) is 14.7 Å². The maximum absolute atomic E-state index is 12.6. The van der Waals surface area contributed by atoms with E-state index in [0.29, 0.717) is 17.1 Å². The van der Waals surface area contributed by atoms with E-state index in [0.717, 1.165) is 4.47 Å². The number of anilines is 1. The monoisotopic (exact) mass is 402 g/mol. The molecule has 0 saturated heterocycles. The first-order valence-corrected chi connectivity index (χ1v) is 8.26. The molecule has 0 bridgehead atoms. The molecule has 0 spiro atoms. The van der Waals surface area contributed by atoms with Crippen LogP contribution in [0.5, 0.6) is 5.75 Å². The molecule has 1 N–H and O–H groups in total. The van der Waals surface area contributed by atoms with Crippen molar-refractivity contribution in [2.24, 2.45) is 0 Å². The van der Waals surface area contributed by atoms with Crippen LogP contribution in [0.1, 0.15) is 18.5 Å². The van der Waals surface area contributed by atoms with Gasteiger partial charge in [0.25, 0.3) is 5.91 Å². The Morgan fingerprint density at radius 1 is 1.24 bits per heavy atom. The van der Waals surface area contributed by atoms with Crippen molar-refractivity contribution in [3.63, 3.8) is 0 Å². The fourth-order valence-electron chi connectivity index (χ4n) is 2.81. The minimum atomic E-state index is -0.746. The first kappa shape index (κ1) is 17.2. The van der Waals surface area contributed by atoms with Crippen LogP contribution in [0.4, 0.5) is 5.82 Å². The molecule has 2 heterocycles. The number of benzene rings is 1. The molecule has 3 rings (SSSR count). The van der Waals surface area contributed by atoms with Crippen LogP contribution in [-0.2, 0) is 9.59 Å². The van der Waals surface area contributed by atoms with E-state index in [1.165, 1.54) is 11.8 Å². The molecule has 0 aliphatic carbocycles. The van der Waals surface area contributed by atoms with Crippen LogP contribution in [0.25, 0.3) is 0 Å². The Hall–Kier alpha value is -2.67. The van der Waals surface area contributed by atoms with Crippen LogP contribution >= 0.6 is 15.9 Å². The molecule has 2 aromatic rings. The zero-order valence-electron chi connectivity index (χ0n) is 13.6. The van der Waals surface area contributed by atoms with Gasteiger partial charge in [0.05, 0.1) is 18.7 Å². The topological polar surface area (TPSA) is 79.7 Å². The zero-order valence-corrected chi connectivity index (χ0v) is 15.1. The smallest absolute Gasteiger partial charge is 0.295 e. The van der Waals surface area contributed by atoms with Crippen molar-refractivity contribution in [1.82, 2.24) is 4.98 Å². The summed E-state index contributed by atoms with van der Waals surface area (Å²) >= 11 is 3.30. The number of carbonyl (C=O) groups excluding carboxylic acids is 2. The Balaban J connectivity index is 2.13. The second-order valence-corrected chi connectivity index (χ2v) is 6.42. The van der Waals surface area contributed by atoms with Crippen LogP contribution in [0.3, 0.4) is 0 Å². The summed E-state index contributed by atoms with van der Waals surface area (Å²) in [5, 5.41) is 10.3. The molecule has 1 aromatic heterocycles. The molecule has 0 fully saturated rings. The number of aliphatic hydroxyl groups excluding tert-OH is 1. The van der Waals surface area contributed by atoms with Crippen LogP contribution in [0.2, 0.25) is 0 Å². The number of ether oxygens (including phenoxy) is 1. The molecule has 1 aromatic carbocycles. The van der Waals surface area contributed by atoms with Gasteiger partial charge in [0.15, 0.2) is 11.5 Å². The van der Waals surface area contributed by atoms with Crippen molar-refractivity contribution in [2.75, 3.05) is 12.0 Å². The van der Waals surface area contributed by atoms with Gasteiger partial charge in [-0.05, 0) is 52.7 Å². The second-order valence-electron chi connectivity index (χ2n) is 5.50. The standard InChI is InChI=1S/C18H15BrN2O4/c1-10(22)15-16(11-3-6-13(25-2)7-4-11)21(18(24)17(15)23)14-8-5-12(19)9-20-14/h3-9,16,23H,1-2H3/t16-/m1/s1. The highest BCUT2D eigenvalue weighted by Crippen LogP contribution is 2.40. The van der Waals surface area contributed by atoms with E-state index in [1.54, 1.807) is 49.7 Å². The summed E-state index contributed by atoms with van der Waals surface area (Å²) in [4.78, 5) is 30.2. The number of carbonyl (C=O) groups is 2. The van der Waals surface area contributed by atoms with E-state index in [2.05, 4.69) is 20.9 Å². The quantitative estimate of drug-likeness (QED) is 0.847. The largest absolute Gasteiger partial charge is 0.503 e. The van der Waals surface area contributed by atoms with Gasteiger partial charge in [-0.1, -0.05) is 12.1 Å². The van der Waals surface area contributed by atoms with Gasteiger partial charge in [0.1, 0.15) is 11.6 Å². The minimum absolute atomic E-state index is 0.0554. The fraction of sp³-hybridized carbons (Fsp3) is 0.167. The van der Waals surface area contributed by atoms with Gasteiger partial charge in [-0.3, -0.25) is 14.5 Å². The van der Waals surface area contributed by atoms with Crippen molar-refractivity contribution in [1.29, 1.82) is 0 Å². The molecule has 0 unspecified atom stereocenters. The summed E-state index contributed by atoms with van der Waals surface area (Å²) in [6.45, 7) is 1.33. The molecular formula is C18H15BrN2O4. The van der Waals surface area contributed by atoms with Crippen molar-refractivity contribution in [3.05, 3.63) is 64.0 Å². The number of hydrogen-bond donors (Lipinski definition) is 1. The van der Waals surface area contributed by atoms with Crippen molar-refractivity contribution in [2.45, 2.75) is 13.0 Å². The third-order valence-electron chi connectivity index (χ3n) is 3.98. The van der Waals surface area contributed by atoms with Gasteiger partial charge in [0.2, 0.25) is 0 Å². The highest BCUT2D eigenvalue weighted by atomic mass is 79.9. The van der Waals surface area contributed by atoms with Crippen molar-refractivity contribution >= 4 is 33.4 Å². The number of methoxy groups -OCH3 is 1. The molecule has 6 nitrogen and oxygen atoms in total. The Bertz CT molecular complexity index is 860. The second kappa shape index (κ2) is 6.68. The predicted octanol–water partition coefficient (Wildman–Crippen LogP) is 3.34. The van der Waals surface area contributed by atoms with Gasteiger partial charge in [0, 0.05) is 10.7 Å². The number of ketones is 1. The maximum atomic E-state index is 12.6. The Kier molecular flexibility index (Phi) is 4.59. The number of Topliss-reactive ketones (excluding diaryl/α,β-unsaturated/α-hetero) is 1. The summed E-state index contributed by atoms with van der Waals surface area (Å²) < 4.78 is 5.90. The van der Waals surface area contributed by atoms with Gasteiger partial charge < -0.3 is 9.84 Å². The van der Waals surface area contributed by atoms with E-state index in [-0.39, 0.29) is 11.4 Å². The van der Waals surface area contributed by atoms with E-state index < -0.39 is 17.7 Å². The highest BCUT2D eigenvalue weighted by molar-refractivity contribution is 9.10. The van der Waals surface area contributed by atoms with Gasteiger partial charge in [-0.2, -0.15) is 0 Å². The summed E-state index contributed by atoms with van der Waals surface area (Å²) in [5.74, 6) is -0.569. The SMILES string of the molecule is COc1ccc([C@@H]2C(C(C)=O)=C(O)C(=O)N2c2ccc(Br)cn2)cc1. The number of pyridine rings is 1. The van der Waals surface area contributed by atoms with Crippen LogP contribution in [-0.4, -0.2) is 28.9 Å². The summed E-state index contributed by atoms with van der Waals surface area (Å²) in [6, 6.07) is 9.62. The lowest BCUT2D eigenvalue weighted by atomic mass is 9.96. The van der Waals surface area contributed by atoms with Crippen LogP contribution < -0.4 is 9.64 Å². The average molecular weight is 403 g/mol. The number of halogens is 1. The Morgan fingerprint density at radius 2 is 1.92 bits per heavy atom. The summed E-state index contributed by atoms with van der Waals surface area (Å²) in [7, 11) is 1.55. The van der Waals surface area contributed by atoms with E-state index in [1.807, 2.05) is 0 Å². The molecule has 0 radical (unpaired) electrons. The van der Waals surface area contributed by atoms with Gasteiger partial charge in [-0.25, -0.2) is 4.98 Å². The molecule has 0 saturated carbocycles. The number of aliphatic hydroxyl groups is 1. The Morgan fingerprint density at radius 3 is 2.44 bits per heavy atom. The molecular weight excluding hydrogens is 388 g/mol. The van der Waals surface area contributed by atoms with Crippen LogP contribution in [0.15, 0.2) is 58.4 Å². The third-order valence-corrected chi connectivity index (χ3v) is 4.45. The van der Waals surface area contributed by atoms with Gasteiger partial charge >= 0.3 is 0 Å². The molecule has 1 aliphatic rings.